The highest BCUT2D eigenvalue weighted by Gasteiger charge is 2.21. The van der Waals surface area contributed by atoms with Gasteiger partial charge >= 0.3 is 11.9 Å². The molecule has 6 heteroatoms. The third-order valence-electron chi connectivity index (χ3n) is 2.61. The van der Waals surface area contributed by atoms with Crippen LogP contribution in [0.5, 0.6) is 0 Å². The number of hydrogen-bond donors (Lipinski definition) is 0. The largest absolute Gasteiger partial charge is 0.468 e. The van der Waals surface area contributed by atoms with Crippen LogP contribution in [0.25, 0.3) is 0 Å². The van der Waals surface area contributed by atoms with E-state index in [1.165, 1.54) is 7.11 Å². The summed E-state index contributed by atoms with van der Waals surface area (Å²) in [6.45, 7) is 0.247. The van der Waals surface area contributed by atoms with Gasteiger partial charge in [0.15, 0.2) is 0 Å². The molecule has 0 amide bonds. The highest BCUT2D eigenvalue weighted by molar-refractivity contribution is 9.10. The Hall–Kier alpha value is -0.880. The fourth-order valence-corrected chi connectivity index (χ4v) is 2.32. The summed E-state index contributed by atoms with van der Waals surface area (Å²) in [6, 6.07) is 9.47. The van der Waals surface area contributed by atoms with Crippen LogP contribution in [0.3, 0.4) is 0 Å². The molecule has 0 spiro atoms. The van der Waals surface area contributed by atoms with Gasteiger partial charge in [0.1, 0.15) is 16.3 Å². The Kier molecular flexibility index (Phi) is 7.84. The summed E-state index contributed by atoms with van der Waals surface area (Å²) in [5.41, 5.74) is 0.938. The Labute approximate surface area is 135 Å². The van der Waals surface area contributed by atoms with Crippen LogP contribution < -0.4 is 0 Å². The number of methoxy groups -OCH3 is 1. The average molecular weight is 408 g/mol. The first-order valence-electron chi connectivity index (χ1n) is 6.11. The van der Waals surface area contributed by atoms with Crippen LogP contribution >= 0.6 is 31.9 Å². The third kappa shape index (κ3) is 6.05. The zero-order valence-electron chi connectivity index (χ0n) is 11.1. The molecule has 0 radical (unpaired) electrons. The van der Waals surface area contributed by atoms with Crippen molar-refractivity contribution < 1.29 is 19.1 Å². The lowest BCUT2D eigenvalue weighted by Gasteiger charge is -2.12. The molecular weight excluding hydrogens is 392 g/mol. The second kappa shape index (κ2) is 9.13. The summed E-state index contributed by atoms with van der Waals surface area (Å²) in [7, 11) is 1.33. The molecule has 2 atom stereocenters. The van der Waals surface area contributed by atoms with Crippen LogP contribution in [0, 0.1) is 0 Å². The molecule has 4 nitrogen and oxygen atoms in total. The van der Waals surface area contributed by atoms with E-state index in [1.807, 2.05) is 30.3 Å². The van der Waals surface area contributed by atoms with Gasteiger partial charge in [0.2, 0.25) is 0 Å². The molecule has 0 heterocycles. The van der Waals surface area contributed by atoms with E-state index >= 15 is 0 Å². The number of benzene rings is 1. The Morgan fingerprint density at radius 1 is 1.05 bits per heavy atom. The van der Waals surface area contributed by atoms with Crippen molar-refractivity contribution >= 4 is 43.8 Å². The average Bonchev–Trinajstić information content (AvgIpc) is 2.49. The van der Waals surface area contributed by atoms with E-state index in [2.05, 4.69) is 36.6 Å². The molecule has 0 fully saturated rings. The van der Waals surface area contributed by atoms with Crippen LogP contribution in [-0.4, -0.2) is 28.7 Å². The molecular formula is C14H16Br2O4. The normalized spacial score (nSPS) is 13.3. The minimum Gasteiger partial charge on any atom is -0.468 e. The van der Waals surface area contributed by atoms with Crippen LogP contribution in [0.4, 0.5) is 0 Å². The number of rotatable bonds is 7. The van der Waals surface area contributed by atoms with Gasteiger partial charge in [-0.2, -0.15) is 0 Å². The van der Waals surface area contributed by atoms with E-state index in [0.717, 1.165) is 5.56 Å². The highest BCUT2D eigenvalue weighted by atomic mass is 79.9. The zero-order chi connectivity index (χ0) is 15.0. The number of carbonyl (C=O) groups is 2. The van der Waals surface area contributed by atoms with E-state index in [1.54, 1.807) is 0 Å². The number of carbonyl (C=O) groups excluding carboxylic acids is 2. The van der Waals surface area contributed by atoms with Gasteiger partial charge < -0.3 is 9.47 Å². The molecule has 0 bridgehead atoms. The predicted molar refractivity (Wildman–Crippen MR) is 82.9 cm³/mol. The van der Waals surface area contributed by atoms with Gasteiger partial charge in [-0.1, -0.05) is 62.2 Å². The molecule has 0 N–H and O–H groups in total. The summed E-state index contributed by atoms with van der Waals surface area (Å²) in [6.07, 6.45) is 0.974. The summed E-state index contributed by atoms with van der Waals surface area (Å²) < 4.78 is 9.78. The van der Waals surface area contributed by atoms with Crippen LogP contribution in [-0.2, 0) is 25.7 Å². The highest BCUT2D eigenvalue weighted by Crippen LogP contribution is 2.17. The summed E-state index contributed by atoms with van der Waals surface area (Å²) >= 11 is 6.48. The van der Waals surface area contributed by atoms with Crippen molar-refractivity contribution in [3.63, 3.8) is 0 Å². The van der Waals surface area contributed by atoms with Gasteiger partial charge in [-0.3, -0.25) is 9.59 Å². The van der Waals surface area contributed by atoms with Crippen molar-refractivity contribution in [3.05, 3.63) is 35.9 Å². The molecule has 0 aromatic heterocycles. The number of halogens is 2. The van der Waals surface area contributed by atoms with Gasteiger partial charge in [-0.25, -0.2) is 0 Å². The first kappa shape index (κ1) is 17.2. The van der Waals surface area contributed by atoms with E-state index in [4.69, 9.17) is 4.74 Å². The van der Waals surface area contributed by atoms with E-state index in [9.17, 15) is 9.59 Å². The number of alkyl halides is 2. The Morgan fingerprint density at radius 3 is 2.15 bits per heavy atom. The quantitative estimate of drug-likeness (QED) is 0.514. The molecule has 1 aromatic rings. The Morgan fingerprint density at radius 2 is 1.60 bits per heavy atom. The minimum atomic E-state index is -0.434. The lowest BCUT2D eigenvalue weighted by molar-refractivity contribution is -0.145. The van der Waals surface area contributed by atoms with Gasteiger partial charge in [0.05, 0.1) is 7.11 Å². The van der Waals surface area contributed by atoms with Crippen LogP contribution in [0.15, 0.2) is 30.3 Å². The van der Waals surface area contributed by atoms with Crippen molar-refractivity contribution in [2.24, 2.45) is 0 Å². The fourth-order valence-electron chi connectivity index (χ4n) is 1.48. The maximum absolute atomic E-state index is 11.8. The fraction of sp³-hybridized carbons (Fsp3) is 0.429. The predicted octanol–water partition coefficient (Wildman–Crippen LogP) is 3.21. The molecule has 0 saturated heterocycles. The second-order valence-corrected chi connectivity index (χ2v) is 6.34. The number of hydrogen-bond acceptors (Lipinski definition) is 4. The van der Waals surface area contributed by atoms with Crippen LogP contribution in [0.2, 0.25) is 0 Å². The molecule has 0 aliphatic heterocycles. The van der Waals surface area contributed by atoms with Crippen molar-refractivity contribution in [3.8, 4) is 0 Å². The monoisotopic (exact) mass is 406 g/mol. The molecule has 110 valence electrons. The zero-order valence-corrected chi connectivity index (χ0v) is 14.2. The first-order valence-corrected chi connectivity index (χ1v) is 7.94. The summed E-state index contributed by atoms with van der Waals surface area (Å²) in [5, 5.41) is 0. The maximum atomic E-state index is 11.8. The Bertz CT molecular complexity index is 436. The molecule has 0 unspecified atom stereocenters. The lowest BCUT2D eigenvalue weighted by atomic mass is 10.2. The van der Waals surface area contributed by atoms with Crippen molar-refractivity contribution in [2.75, 3.05) is 7.11 Å². The van der Waals surface area contributed by atoms with Crippen LogP contribution in [0.1, 0.15) is 18.4 Å². The van der Waals surface area contributed by atoms with Gasteiger partial charge in [0, 0.05) is 0 Å². The van der Waals surface area contributed by atoms with Gasteiger partial charge in [0.25, 0.3) is 0 Å². The lowest BCUT2D eigenvalue weighted by Crippen LogP contribution is -2.21. The molecule has 1 rings (SSSR count). The Balaban J connectivity index is 2.31. The smallest absolute Gasteiger partial charge is 0.320 e. The molecule has 0 aliphatic rings. The van der Waals surface area contributed by atoms with Crippen molar-refractivity contribution in [2.45, 2.75) is 29.1 Å². The van der Waals surface area contributed by atoms with Gasteiger partial charge in [-0.15, -0.1) is 0 Å². The standard InChI is InChI=1S/C14H16Br2O4/c1-19-13(17)11(15)7-8-12(16)14(18)20-9-10-5-3-2-4-6-10/h2-6,11-12H,7-9H2,1H3/t11-,12+/m0/s1. The molecule has 20 heavy (non-hydrogen) atoms. The maximum Gasteiger partial charge on any atom is 0.320 e. The van der Waals surface area contributed by atoms with E-state index in [-0.39, 0.29) is 18.5 Å². The van der Waals surface area contributed by atoms with Crippen molar-refractivity contribution in [1.29, 1.82) is 0 Å². The minimum absolute atomic E-state index is 0.247. The number of ether oxygens (including phenoxy) is 2. The van der Waals surface area contributed by atoms with Gasteiger partial charge in [-0.05, 0) is 18.4 Å². The van der Waals surface area contributed by atoms with E-state index in [0.29, 0.717) is 12.8 Å². The number of esters is 2. The third-order valence-corrected chi connectivity index (χ3v) is 4.27. The first-order chi connectivity index (χ1) is 9.54. The topological polar surface area (TPSA) is 52.6 Å². The SMILES string of the molecule is COC(=O)[C@@H](Br)CC[C@@H](Br)C(=O)OCc1ccccc1. The second-order valence-electron chi connectivity index (χ2n) is 4.13. The molecule has 0 saturated carbocycles. The summed E-state index contributed by atoms with van der Waals surface area (Å²) in [4.78, 5) is 22.1. The van der Waals surface area contributed by atoms with Crippen molar-refractivity contribution in [1.82, 2.24) is 0 Å². The molecule has 1 aromatic carbocycles. The molecule has 0 aliphatic carbocycles. The summed E-state index contributed by atoms with van der Waals surface area (Å²) in [5.74, 6) is -0.680. The van der Waals surface area contributed by atoms with E-state index < -0.39 is 9.65 Å².